The van der Waals surface area contributed by atoms with Gasteiger partial charge in [-0.15, -0.1) is 0 Å². The highest BCUT2D eigenvalue weighted by Crippen LogP contribution is 2.18. The van der Waals surface area contributed by atoms with Crippen molar-refractivity contribution < 1.29 is 9.18 Å². The summed E-state index contributed by atoms with van der Waals surface area (Å²) >= 11 is 0. The second kappa shape index (κ2) is 6.95. The first-order chi connectivity index (χ1) is 10.1. The van der Waals surface area contributed by atoms with E-state index in [1.54, 1.807) is 35.4 Å². The van der Waals surface area contributed by atoms with Crippen LogP contribution in [0, 0.1) is 12.7 Å². The van der Waals surface area contributed by atoms with Gasteiger partial charge in [0.1, 0.15) is 5.82 Å². The molecule has 0 saturated heterocycles. The Morgan fingerprint density at radius 3 is 2.52 bits per heavy atom. The maximum Gasteiger partial charge on any atom is 0.259 e. The number of rotatable bonds is 5. The van der Waals surface area contributed by atoms with Crippen molar-refractivity contribution in [2.45, 2.75) is 13.3 Å². The number of halogens is 1. The monoisotopic (exact) mass is 287 g/mol. The lowest BCUT2D eigenvalue weighted by Crippen LogP contribution is -2.33. The van der Waals surface area contributed by atoms with Crippen LogP contribution >= 0.6 is 0 Å². The van der Waals surface area contributed by atoms with Crippen LogP contribution in [0.1, 0.15) is 22.5 Å². The lowest BCUT2D eigenvalue weighted by atomic mass is 10.2. The van der Waals surface area contributed by atoms with Crippen LogP contribution in [0.3, 0.4) is 0 Å². The van der Waals surface area contributed by atoms with Gasteiger partial charge in [-0.2, -0.15) is 0 Å². The molecule has 1 aromatic carbocycles. The van der Waals surface area contributed by atoms with Gasteiger partial charge < -0.3 is 10.6 Å². The van der Waals surface area contributed by atoms with E-state index in [2.05, 4.69) is 4.98 Å². The second-order valence-electron chi connectivity index (χ2n) is 4.76. The first kappa shape index (κ1) is 15.1. The number of benzene rings is 1. The lowest BCUT2D eigenvalue weighted by molar-refractivity contribution is 0.0986. The number of carbonyl (C=O) groups is 1. The van der Waals surface area contributed by atoms with Gasteiger partial charge in [-0.05, 0) is 56.3 Å². The summed E-state index contributed by atoms with van der Waals surface area (Å²) in [6.45, 7) is 2.83. The molecule has 1 aromatic heterocycles. The third-order valence-electron chi connectivity index (χ3n) is 3.13. The topological polar surface area (TPSA) is 59.2 Å². The van der Waals surface area contributed by atoms with E-state index < -0.39 is 0 Å². The van der Waals surface area contributed by atoms with Gasteiger partial charge in [0.05, 0.1) is 5.56 Å². The van der Waals surface area contributed by atoms with Crippen LogP contribution in [0.2, 0.25) is 0 Å². The van der Waals surface area contributed by atoms with Crippen molar-refractivity contribution in [3.8, 4) is 0 Å². The van der Waals surface area contributed by atoms with E-state index in [4.69, 9.17) is 5.73 Å². The van der Waals surface area contributed by atoms with Crippen molar-refractivity contribution in [1.29, 1.82) is 0 Å². The van der Waals surface area contributed by atoms with Crippen molar-refractivity contribution in [2.75, 3.05) is 18.0 Å². The SMILES string of the molecule is Cc1ccc(C(=O)N(CCCN)c2ccc(F)cc2)cn1. The predicted octanol–water partition coefficient (Wildman–Crippen LogP) is 2.52. The molecule has 0 aliphatic heterocycles. The molecule has 4 nitrogen and oxygen atoms in total. The molecule has 0 fully saturated rings. The highest BCUT2D eigenvalue weighted by molar-refractivity contribution is 6.05. The fourth-order valence-electron chi connectivity index (χ4n) is 1.97. The Bertz CT molecular complexity index is 596. The zero-order valence-electron chi connectivity index (χ0n) is 11.9. The van der Waals surface area contributed by atoms with Crippen LogP contribution < -0.4 is 10.6 Å². The van der Waals surface area contributed by atoms with E-state index in [-0.39, 0.29) is 11.7 Å². The molecular formula is C16H18FN3O. The van der Waals surface area contributed by atoms with Crippen molar-refractivity contribution >= 4 is 11.6 Å². The van der Waals surface area contributed by atoms with Gasteiger partial charge in [-0.25, -0.2) is 4.39 Å². The smallest absolute Gasteiger partial charge is 0.259 e. The quantitative estimate of drug-likeness (QED) is 0.919. The molecule has 1 heterocycles. The summed E-state index contributed by atoms with van der Waals surface area (Å²) in [5.74, 6) is -0.496. The highest BCUT2D eigenvalue weighted by atomic mass is 19.1. The molecule has 5 heteroatoms. The molecule has 0 aliphatic carbocycles. The Labute approximate surface area is 123 Å². The zero-order valence-corrected chi connectivity index (χ0v) is 11.9. The number of hydrogen-bond acceptors (Lipinski definition) is 3. The summed E-state index contributed by atoms with van der Waals surface area (Å²) in [4.78, 5) is 18.3. The Morgan fingerprint density at radius 2 is 1.95 bits per heavy atom. The Hall–Kier alpha value is -2.27. The number of anilines is 1. The van der Waals surface area contributed by atoms with Gasteiger partial charge in [0, 0.05) is 24.1 Å². The Kier molecular flexibility index (Phi) is 5.00. The van der Waals surface area contributed by atoms with Crippen LogP contribution in [0.15, 0.2) is 42.6 Å². The van der Waals surface area contributed by atoms with Crippen LogP contribution in [0.25, 0.3) is 0 Å². The summed E-state index contributed by atoms with van der Waals surface area (Å²) < 4.78 is 13.0. The molecule has 0 spiro atoms. The lowest BCUT2D eigenvalue weighted by Gasteiger charge is -2.22. The molecule has 2 rings (SSSR count). The molecule has 0 radical (unpaired) electrons. The molecule has 21 heavy (non-hydrogen) atoms. The fourth-order valence-corrected chi connectivity index (χ4v) is 1.97. The summed E-state index contributed by atoms with van der Waals surface area (Å²) in [5.41, 5.74) is 7.53. The third-order valence-corrected chi connectivity index (χ3v) is 3.13. The minimum atomic E-state index is -0.332. The predicted molar refractivity (Wildman–Crippen MR) is 80.7 cm³/mol. The van der Waals surface area contributed by atoms with Crippen molar-refractivity contribution in [2.24, 2.45) is 5.73 Å². The Morgan fingerprint density at radius 1 is 1.24 bits per heavy atom. The van der Waals surface area contributed by atoms with E-state index in [9.17, 15) is 9.18 Å². The molecular weight excluding hydrogens is 269 g/mol. The standard InChI is InChI=1S/C16H18FN3O/c1-12-3-4-13(11-19-12)16(21)20(10-2-9-18)15-7-5-14(17)6-8-15/h3-8,11H,2,9-10,18H2,1H3. The van der Waals surface area contributed by atoms with E-state index in [1.807, 2.05) is 6.92 Å². The van der Waals surface area contributed by atoms with Crippen LogP contribution in [0.4, 0.5) is 10.1 Å². The van der Waals surface area contributed by atoms with Crippen LogP contribution in [-0.4, -0.2) is 24.0 Å². The molecule has 0 unspecified atom stereocenters. The summed E-state index contributed by atoms with van der Waals surface area (Å²) in [6, 6.07) is 9.39. The Balaban J connectivity index is 2.28. The molecule has 0 saturated carbocycles. The number of amides is 1. The van der Waals surface area contributed by atoms with E-state index in [0.717, 1.165) is 5.69 Å². The maximum absolute atomic E-state index is 13.0. The molecule has 2 N–H and O–H groups in total. The molecule has 0 atom stereocenters. The minimum Gasteiger partial charge on any atom is -0.330 e. The molecule has 0 aliphatic rings. The van der Waals surface area contributed by atoms with Gasteiger partial charge >= 0.3 is 0 Å². The number of pyridine rings is 1. The zero-order chi connectivity index (χ0) is 15.2. The normalized spacial score (nSPS) is 10.4. The first-order valence-electron chi connectivity index (χ1n) is 6.82. The van der Waals surface area contributed by atoms with Crippen LogP contribution in [-0.2, 0) is 0 Å². The maximum atomic E-state index is 13.0. The fraction of sp³-hybridized carbons (Fsp3) is 0.250. The number of carbonyl (C=O) groups excluding carboxylic acids is 1. The average Bonchev–Trinajstić information content (AvgIpc) is 2.50. The largest absolute Gasteiger partial charge is 0.330 e. The van der Waals surface area contributed by atoms with Gasteiger partial charge in [0.15, 0.2) is 0 Å². The first-order valence-corrected chi connectivity index (χ1v) is 6.82. The number of nitrogens with zero attached hydrogens (tertiary/aromatic N) is 2. The van der Waals surface area contributed by atoms with Crippen molar-refractivity contribution in [3.63, 3.8) is 0 Å². The van der Waals surface area contributed by atoms with E-state index in [0.29, 0.717) is 30.8 Å². The molecule has 2 aromatic rings. The van der Waals surface area contributed by atoms with Crippen molar-refractivity contribution in [3.05, 3.63) is 59.7 Å². The van der Waals surface area contributed by atoms with E-state index >= 15 is 0 Å². The summed E-state index contributed by atoms with van der Waals surface area (Å²) in [5, 5.41) is 0. The molecule has 110 valence electrons. The number of hydrogen-bond donors (Lipinski definition) is 1. The average molecular weight is 287 g/mol. The number of nitrogens with two attached hydrogens (primary N) is 1. The molecule has 1 amide bonds. The van der Waals surface area contributed by atoms with Gasteiger partial charge in [-0.1, -0.05) is 0 Å². The van der Waals surface area contributed by atoms with Gasteiger partial charge in [0.2, 0.25) is 0 Å². The minimum absolute atomic E-state index is 0.164. The second-order valence-corrected chi connectivity index (χ2v) is 4.76. The van der Waals surface area contributed by atoms with Crippen molar-refractivity contribution in [1.82, 2.24) is 4.98 Å². The third kappa shape index (κ3) is 3.86. The van der Waals surface area contributed by atoms with E-state index in [1.165, 1.54) is 12.1 Å². The molecule has 0 bridgehead atoms. The highest BCUT2D eigenvalue weighted by Gasteiger charge is 2.17. The van der Waals surface area contributed by atoms with Gasteiger partial charge in [0.25, 0.3) is 5.91 Å². The summed E-state index contributed by atoms with van der Waals surface area (Å²) in [6.07, 6.45) is 2.22. The number of aryl methyl sites for hydroxylation is 1. The summed E-state index contributed by atoms with van der Waals surface area (Å²) in [7, 11) is 0. The van der Waals surface area contributed by atoms with Crippen LogP contribution in [0.5, 0.6) is 0 Å². The van der Waals surface area contributed by atoms with Gasteiger partial charge in [-0.3, -0.25) is 9.78 Å². The number of aromatic nitrogens is 1.